The summed E-state index contributed by atoms with van der Waals surface area (Å²) in [7, 11) is 3.42. The van der Waals surface area contributed by atoms with E-state index in [1.54, 1.807) is 11.7 Å². The number of aryl methyl sites for hydroxylation is 1. The standard InChI is InChI=1S/C23H27N5O3S/c1-15-6-5-7-19(16(15)2)25-22(30)14-32-23-27-26-20(28(23)3)13-24-21(29)12-17-8-10-18(31-4)11-9-17/h5-11H,12-14H2,1-4H3,(H,24,29)(H,25,30). The highest BCUT2D eigenvalue weighted by Gasteiger charge is 2.13. The molecule has 0 spiro atoms. The van der Waals surface area contributed by atoms with E-state index in [0.29, 0.717) is 11.0 Å². The second-order valence-electron chi connectivity index (χ2n) is 7.34. The monoisotopic (exact) mass is 453 g/mol. The van der Waals surface area contributed by atoms with Crippen LogP contribution in [-0.2, 0) is 29.6 Å². The lowest BCUT2D eigenvalue weighted by Crippen LogP contribution is -2.26. The number of hydrogen-bond acceptors (Lipinski definition) is 6. The third-order valence-electron chi connectivity index (χ3n) is 5.10. The zero-order valence-corrected chi connectivity index (χ0v) is 19.5. The first-order valence-electron chi connectivity index (χ1n) is 10.1. The first-order valence-corrected chi connectivity index (χ1v) is 11.1. The van der Waals surface area contributed by atoms with Gasteiger partial charge in [0.05, 0.1) is 25.8 Å². The summed E-state index contributed by atoms with van der Waals surface area (Å²) in [5.41, 5.74) is 3.89. The predicted molar refractivity (Wildman–Crippen MR) is 125 cm³/mol. The fraction of sp³-hybridized carbons (Fsp3) is 0.304. The van der Waals surface area contributed by atoms with Crippen LogP contribution in [0.15, 0.2) is 47.6 Å². The Morgan fingerprint density at radius 3 is 2.53 bits per heavy atom. The molecule has 0 radical (unpaired) electrons. The lowest BCUT2D eigenvalue weighted by atomic mass is 10.1. The fourth-order valence-electron chi connectivity index (χ4n) is 3.00. The van der Waals surface area contributed by atoms with Gasteiger partial charge in [0.1, 0.15) is 5.75 Å². The van der Waals surface area contributed by atoms with Crippen LogP contribution in [0.4, 0.5) is 5.69 Å². The molecular weight excluding hydrogens is 426 g/mol. The summed E-state index contributed by atoms with van der Waals surface area (Å²) in [6.07, 6.45) is 0.266. The van der Waals surface area contributed by atoms with Gasteiger partial charge < -0.3 is 19.9 Å². The number of rotatable bonds is 9. The van der Waals surface area contributed by atoms with E-state index >= 15 is 0 Å². The van der Waals surface area contributed by atoms with Gasteiger partial charge in [0.25, 0.3) is 0 Å². The SMILES string of the molecule is COc1ccc(CC(=O)NCc2nnc(SCC(=O)Nc3cccc(C)c3C)n2C)cc1. The Morgan fingerprint density at radius 2 is 1.81 bits per heavy atom. The molecule has 32 heavy (non-hydrogen) atoms. The molecule has 0 bridgehead atoms. The Bertz CT molecular complexity index is 1100. The molecule has 8 nitrogen and oxygen atoms in total. The predicted octanol–water partition coefficient (Wildman–Crippen LogP) is 3.03. The minimum absolute atomic E-state index is 0.110. The second kappa shape index (κ2) is 10.8. The summed E-state index contributed by atoms with van der Waals surface area (Å²) in [5.74, 6) is 1.36. The van der Waals surface area contributed by atoms with Gasteiger partial charge in [-0.15, -0.1) is 10.2 Å². The number of aromatic nitrogens is 3. The molecule has 0 atom stereocenters. The van der Waals surface area contributed by atoms with Gasteiger partial charge in [0, 0.05) is 12.7 Å². The number of anilines is 1. The van der Waals surface area contributed by atoms with Crippen molar-refractivity contribution < 1.29 is 14.3 Å². The average molecular weight is 454 g/mol. The van der Waals surface area contributed by atoms with Gasteiger partial charge in [-0.25, -0.2) is 0 Å². The molecule has 1 heterocycles. The van der Waals surface area contributed by atoms with Crippen LogP contribution in [-0.4, -0.2) is 39.4 Å². The lowest BCUT2D eigenvalue weighted by molar-refractivity contribution is -0.120. The number of carbonyl (C=O) groups excluding carboxylic acids is 2. The molecule has 0 aliphatic carbocycles. The summed E-state index contributed by atoms with van der Waals surface area (Å²) < 4.78 is 6.90. The van der Waals surface area contributed by atoms with Crippen molar-refractivity contribution in [3.63, 3.8) is 0 Å². The van der Waals surface area contributed by atoms with Gasteiger partial charge in [-0.05, 0) is 48.7 Å². The quantitative estimate of drug-likeness (QED) is 0.483. The van der Waals surface area contributed by atoms with Crippen LogP contribution in [0.3, 0.4) is 0 Å². The first-order chi connectivity index (χ1) is 15.4. The second-order valence-corrected chi connectivity index (χ2v) is 8.29. The Hall–Kier alpha value is -3.33. The molecule has 2 aromatic carbocycles. The van der Waals surface area contributed by atoms with E-state index in [9.17, 15) is 9.59 Å². The van der Waals surface area contributed by atoms with E-state index in [1.165, 1.54) is 11.8 Å². The Labute approximate surface area is 191 Å². The number of ether oxygens (including phenoxy) is 1. The molecule has 0 fully saturated rings. The normalized spacial score (nSPS) is 10.6. The van der Waals surface area contributed by atoms with Gasteiger partial charge >= 0.3 is 0 Å². The van der Waals surface area contributed by atoms with Crippen LogP contribution in [0.25, 0.3) is 0 Å². The van der Waals surface area contributed by atoms with Gasteiger partial charge in [-0.2, -0.15) is 0 Å². The van der Waals surface area contributed by atoms with Gasteiger partial charge in [-0.1, -0.05) is 36.0 Å². The maximum absolute atomic E-state index is 12.3. The minimum Gasteiger partial charge on any atom is -0.497 e. The molecule has 168 valence electrons. The van der Waals surface area contributed by atoms with Crippen LogP contribution in [0.1, 0.15) is 22.5 Å². The van der Waals surface area contributed by atoms with Crippen molar-refractivity contribution in [3.05, 3.63) is 65.0 Å². The number of nitrogens with zero attached hydrogens (tertiary/aromatic N) is 3. The Kier molecular flexibility index (Phi) is 7.88. The van der Waals surface area contributed by atoms with Gasteiger partial charge in [-0.3, -0.25) is 9.59 Å². The number of thioether (sulfide) groups is 1. The number of hydrogen-bond donors (Lipinski definition) is 2. The van der Waals surface area contributed by atoms with E-state index in [-0.39, 0.29) is 30.5 Å². The number of nitrogens with one attached hydrogen (secondary N) is 2. The van der Waals surface area contributed by atoms with Crippen molar-refractivity contribution >= 4 is 29.3 Å². The first kappa shape index (κ1) is 23.3. The minimum atomic E-state index is -0.111. The summed E-state index contributed by atoms with van der Waals surface area (Å²) in [6.45, 7) is 4.25. The summed E-state index contributed by atoms with van der Waals surface area (Å²) in [6, 6.07) is 13.2. The highest BCUT2D eigenvalue weighted by Crippen LogP contribution is 2.20. The Morgan fingerprint density at radius 1 is 1.06 bits per heavy atom. The molecule has 2 amide bonds. The van der Waals surface area contributed by atoms with Crippen LogP contribution < -0.4 is 15.4 Å². The molecule has 0 saturated carbocycles. The topological polar surface area (TPSA) is 98.1 Å². The maximum atomic E-state index is 12.3. The third kappa shape index (κ3) is 6.10. The third-order valence-corrected chi connectivity index (χ3v) is 6.12. The van der Waals surface area contributed by atoms with E-state index in [2.05, 4.69) is 20.8 Å². The molecule has 3 aromatic rings. The van der Waals surface area contributed by atoms with Crippen LogP contribution in [0.5, 0.6) is 5.75 Å². The van der Waals surface area contributed by atoms with Crippen molar-refractivity contribution in [2.24, 2.45) is 7.05 Å². The van der Waals surface area contributed by atoms with Crippen molar-refractivity contribution in [2.75, 3.05) is 18.2 Å². The maximum Gasteiger partial charge on any atom is 0.234 e. The molecule has 2 N–H and O–H groups in total. The molecule has 1 aromatic heterocycles. The summed E-state index contributed by atoms with van der Waals surface area (Å²) in [5, 5.41) is 14.7. The van der Waals surface area contributed by atoms with E-state index in [4.69, 9.17) is 4.74 Å². The van der Waals surface area contributed by atoms with Crippen LogP contribution in [0, 0.1) is 13.8 Å². The summed E-state index contributed by atoms with van der Waals surface area (Å²) in [4.78, 5) is 24.6. The molecule has 0 aliphatic heterocycles. The van der Waals surface area contributed by atoms with E-state index < -0.39 is 0 Å². The zero-order valence-electron chi connectivity index (χ0n) is 18.6. The van der Waals surface area contributed by atoms with Crippen LogP contribution in [0.2, 0.25) is 0 Å². The van der Waals surface area contributed by atoms with E-state index in [1.807, 2.05) is 63.4 Å². The average Bonchev–Trinajstić information content (AvgIpc) is 3.14. The van der Waals surface area contributed by atoms with Crippen molar-refractivity contribution in [1.29, 1.82) is 0 Å². The van der Waals surface area contributed by atoms with E-state index in [0.717, 1.165) is 28.1 Å². The van der Waals surface area contributed by atoms with Gasteiger partial charge in [0.2, 0.25) is 11.8 Å². The molecule has 9 heteroatoms. The fourth-order valence-corrected chi connectivity index (χ4v) is 3.73. The largest absolute Gasteiger partial charge is 0.497 e. The molecule has 0 aliphatic rings. The summed E-state index contributed by atoms with van der Waals surface area (Å²) >= 11 is 1.30. The number of methoxy groups -OCH3 is 1. The number of amides is 2. The van der Waals surface area contributed by atoms with Gasteiger partial charge in [0.15, 0.2) is 11.0 Å². The number of carbonyl (C=O) groups is 2. The smallest absolute Gasteiger partial charge is 0.234 e. The molecule has 0 unspecified atom stereocenters. The van der Waals surface area contributed by atoms with Crippen molar-refractivity contribution in [3.8, 4) is 5.75 Å². The molecule has 3 rings (SSSR count). The lowest BCUT2D eigenvalue weighted by Gasteiger charge is -2.10. The molecule has 0 saturated heterocycles. The van der Waals surface area contributed by atoms with Crippen molar-refractivity contribution in [2.45, 2.75) is 32.0 Å². The van der Waals surface area contributed by atoms with Crippen LogP contribution >= 0.6 is 11.8 Å². The molecular formula is C23H27N5O3S. The Balaban J connectivity index is 1.48. The highest BCUT2D eigenvalue weighted by atomic mass is 32.2. The zero-order chi connectivity index (χ0) is 23.1. The highest BCUT2D eigenvalue weighted by molar-refractivity contribution is 7.99. The number of benzene rings is 2. The van der Waals surface area contributed by atoms with Crippen molar-refractivity contribution in [1.82, 2.24) is 20.1 Å².